The van der Waals surface area contributed by atoms with Gasteiger partial charge >= 0.3 is 6.03 Å². The molecule has 0 spiro atoms. The van der Waals surface area contributed by atoms with Crippen LogP contribution in [0, 0.1) is 27.7 Å². The smallest absolute Gasteiger partial charge is 0.308 e. The van der Waals surface area contributed by atoms with Gasteiger partial charge in [0.25, 0.3) is 0 Å². The highest BCUT2D eigenvalue weighted by atomic mass is 16.2. The number of anilines is 2. The normalized spacial score (nSPS) is 8.67. The van der Waals surface area contributed by atoms with Crippen LogP contribution in [0.5, 0.6) is 0 Å². The van der Waals surface area contributed by atoms with Crippen LogP contribution in [-0.4, -0.2) is 6.03 Å². The Morgan fingerprint density at radius 3 is 1.74 bits per heavy atom. The Morgan fingerprint density at radius 1 is 0.778 bits per heavy atom. The molecule has 3 heteroatoms. The van der Waals surface area contributed by atoms with E-state index in [1.54, 1.807) is 0 Å². The van der Waals surface area contributed by atoms with E-state index < -0.39 is 0 Å². The molecule has 3 nitrogen and oxygen atoms in total. The summed E-state index contributed by atoms with van der Waals surface area (Å²) in [5, 5.41) is 5.74. The zero-order valence-electron chi connectivity index (χ0n) is 19.1. The van der Waals surface area contributed by atoms with Gasteiger partial charge in [0.05, 0.1) is 0 Å². The SMILES string of the molecule is CC.CC.CCC.Cc1cc(NC(=O)Nc2ccccc2)c(C)c(C)c1C. The molecule has 0 bridgehead atoms. The predicted molar refractivity (Wildman–Crippen MR) is 123 cm³/mol. The van der Waals surface area contributed by atoms with Gasteiger partial charge in [0, 0.05) is 11.4 Å². The van der Waals surface area contributed by atoms with E-state index in [9.17, 15) is 4.79 Å². The van der Waals surface area contributed by atoms with Crippen molar-refractivity contribution in [3.8, 4) is 0 Å². The van der Waals surface area contributed by atoms with Gasteiger partial charge in [-0.05, 0) is 68.1 Å². The topological polar surface area (TPSA) is 41.1 Å². The minimum absolute atomic E-state index is 0.220. The number of hydrogen-bond donors (Lipinski definition) is 2. The quantitative estimate of drug-likeness (QED) is 0.550. The minimum atomic E-state index is -0.220. The predicted octanol–water partition coefficient (Wildman–Crippen LogP) is 8.03. The lowest BCUT2D eigenvalue weighted by Gasteiger charge is -2.15. The number of hydrogen-bond acceptors (Lipinski definition) is 1. The third-order valence-electron chi connectivity index (χ3n) is 3.76. The molecular formula is C24H40N2O. The number of nitrogens with one attached hydrogen (secondary N) is 2. The lowest BCUT2D eigenvalue weighted by molar-refractivity contribution is 0.262. The summed E-state index contributed by atoms with van der Waals surface area (Å²) in [7, 11) is 0. The number of carbonyl (C=O) groups is 1. The summed E-state index contributed by atoms with van der Waals surface area (Å²) in [6.45, 7) is 20.5. The van der Waals surface area contributed by atoms with Gasteiger partial charge < -0.3 is 10.6 Å². The largest absolute Gasteiger partial charge is 0.323 e. The molecule has 0 fully saturated rings. The van der Waals surface area contributed by atoms with E-state index in [0.29, 0.717) is 0 Å². The third kappa shape index (κ3) is 9.83. The first-order valence-electron chi connectivity index (χ1n) is 10.1. The lowest BCUT2D eigenvalue weighted by atomic mass is 9.98. The summed E-state index contributed by atoms with van der Waals surface area (Å²) in [5.41, 5.74) is 6.43. The molecule has 0 heterocycles. The zero-order chi connectivity index (χ0) is 21.4. The minimum Gasteiger partial charge on any atom is -0.308 e. The molecule has 0 aliphatic heterocycles. The highest BCUT2D eigenvalue weighted by molar-refractivity contribution is 6.00. The van der Waals surface area contributed by atoms with Crippen molar-refractivity contribution in [3.05, 3.63) is 58.7 Å². The van der Waals surface area contributed by atoms with E-state index in [2.05, 4.69) is 45.3 Å². The summed E-state index contributed by atoms with van der Waals surface area (Å²) in [6, 6.07) is 11.2. The number of carbonyl (C=O) groups excluding carboxylic acids is 1. The van der Waals surface area contributed by atoms with Gasteiger partial charge in [0.1, 0.15) is 0 Å². The Labute approximate surface area is 167 Å². The van der Waals surface area contributed by atoms with Crippen LogP contribution in [0.25, 0.3) is 0 Å². The van der Waals surface area contributed by atoms with Crippen molar-refractivity contribution in [2.75, 3.05) is 10.6 Å². The van der Waals surface area contributed by atoms with Crippen molar-refractivity contribution >= 4 is 17.4 Å². The molecule has 152 valence electrons. The molecule has 0 aliphatic rings. The Hall–Kier alpha value is -2.29. The van der Waals surface area contributed by atoms with Crippen molar-refractivity contribution in [3.63, 3.8) is 0 Å². The van der Waals surface area contributed by atoms with Crippen molar-refractivity contribution in [1.82, 2.24) is 0 Å². The lowest BCUT2D eigenvalue weighted by Crippen LogP contribution is -2.20. The van der Waals surface area contributed by atoms with Gasteiger partial charge in [0.2, 0.25) is 0 Å². The first-order valence-corrected chi connectivity index (χ1v) is 10.1. The van der Waals surface area contributed by atoms with Crippen LogP contribution in [-0.2, 0) is 0 Å². The Bertz CT molecular complexity index is 649. The molecule has 2 aromatic rings. The fourth-order valence-electron chi connectivity index (χ4n) is 2.15. The molecule has 0 radical (unpaired) electrons. The fourth-order valence-corrected chi connectivity index (χ4v) is 2.15. The molecule has 0 saturated heterocycles. The van der Waals surface area contributed by atoms with Crippen LogP contribution in [0.4, 0.5) is 16.2 Å². The van der Waals surface area contributed by atoms with Crippen molar-refractivity contribution < 1.29 is 4.79 Å². The van der Waals surface area contributed by atoms with Crippen LogP contribution >= 0.6 is 0 Å². The van der Waals surface area contributed by atoms with E-state index in [1.165, 1.54) is 23.1 Å². The fraction of sp³-hybridized carbons (Fsp3) is 0.458. The maximum Gasteiger partial charge on any atom is 0.323 e. The summed E-state index contributed by atoms with van der Waals surface area (Å²) in [5.74, 6) is 0. The molecule has 0 aliphatic carbocycles. The van der Waals surface area contributed by atoms with Crippen LogP contribution in [0.15, 0.2) is 36.4 Å². The van der Waals surface area contributed by atoms with Gasteiger partial charge in [-0.1, -0.05) is 66.2 Å². The molecule has 0 unspecified atom stereocenters. The molecule has 2 aromatic carbocycles. The van der Waals surface area contributed by atoms with Crippen molar-refractivity contribution in [1.29, 1.82) is 0 Å². The number of benzene rings is 2. The summed E-state index contributed by atoms with van der Waals surface area (Å²) < 4.78 is 0. The Balaban J connectivity index is 0. The zero-order valence-corrected chi connectivity index (χ0v) is 19.1. The number of amides is 2. The number of para-hydroxylation sites is 1. The molecule has 27 heavy (non-hydrogen) atoms. The summed E-state index contributed by atoms with van der Waals surface area (Å²) in [6.07, 6.45) is 1.25. The van der Waals surface area contributed by atoms with E-state index in [-0.39, 0.29) is 6.03 Å². The molecule has 0 atom stereocenters. The van der Waals surface area contributed by atoms with Gasteiger partial charge in [-0.3, -0.25) is 0 Å². The molecular weight excluding hydrogens is 332 g/mol. The second-order valence-electron chi connectivity index (χ2n) is 5.77. The van der Waals surface area contributed by atoms with Crippen LogP contribution < -0.4 is 10.6 Å². The maximum atomic E-state index is 12.0. The van der Waals surface area contributed by atoms with Gasteiger partial charge in [-0.25, -0.2) is 4.79 Å². The Kier molecular flexibility index (Phi) is 15.9. The third-order valence-corrected chi connectivity index (χ3v) is 3.76. The van der Waals surface area contributed by atoms with E-state index in [4.69, 9.17) is 0 Å². The highest BCUT2D eigenvalue weighted by Gasteiger charge is 2.09. The molecule has 0 aromatic heterocycles. The van der Waals surface area contributed by atoms with Gasteiger partial charge in [-0.15, -0.1) is 0 Å². The average Bonchev–Trinajstić information content (AvgIpc) is 2.69. The van der Waals surface area contributed by atoms with Crippen molar-refractivity contribution in [2.45, 2.75) is 75.7 Å². The average molecular weight is 373 g/mol. The monoisotopic (exact) mass is 372 g/mol. The van der Waals surface area contributed by atoms with Gasteiger partial charge in [0.15, 0.2) is 0 Å². The highest BCUT2D eigenvalue weighted by Crippen LogP contribution is 2.25. The molecule has 2 rings (SSSR count). The van der Waals surface area contributed by atoms with Crippen LogP contribution in [0.3, 0.4) is 0 Å². The molecule has 2 amide bonds. The molecule has 0 saturated carbocycles. The van der Waals surface area contributed by atoms with E-state index in [0.717, 1.165) is 16.9 Å². The van der Waals surface area contributed by atoms with Crippen LogP contribution in [0.2, 0.25) is 0 Å². The number of aryl methyl sites for hydroxylation is 1. The maximum absolute atomic E-state index is 12.0. The van der Waals surface area contributed by atoms with E-state index in [1.807, 2.05) is 71.0 Å². The van der Waals surface area contributed by atoms with Crippen LogP contribution in [0.1, 0.15) is 70.2 Å². The number of rotatable bonds is 2. The van der Waals surface area contributed by atoms with Gasteiger partial charge in [-0.2, -0.15) is 0 Å². The second kappa shape index (κ2) is 15.9. The molecule has 2 N–H and O–H groups in total. The number of urea groups is 1. The second-order valence-corrected chi connectivity index (χ2v) is 5.77. The summed E-state index contributed by atoms with van der Waals surface area (Å²) in [4.78, 5) is 12.0. The van der Waals surface area contributed by atoms with Crippen molar-refractivity contribution in [2.24, 2.45) is 0 Å². The standard InChI is InChI=1S/C17H20N2O.C3H8.2C2H6/c1-11-10-16(14(4)13(3)12(11)2)19-17(20)18-15-8-6-5-7-9-15;1-3-2;2*1-2/h5-10H,1-4H3,(H2,18,19,20);3H2,1-2H3;2*1-2H3. The first kappa shape index (κ1) is 26.9. The first-order chi connectivity index (χ1) is 12.9. The Morgan fingerprint density at radius 2 is 1.26 bits per heavy atom. The van der Waals surface area contributed by atoms with E-state index >= 15 is 0 Å². The summed E-state index contributed by atoms with van der Waals surface area (Å²) >= 11 is 0.